The molecule has 2 aromatic carbocycles. The Balaban J connectivity index is 1.73. The molecule has 0 radical (unpaired) electrons. The van der Waals surface area contributed by atoms with Gasteiger partial charge in [0.15, 0.2) is 0 Å². The third kappa shape index (κ3) is 5.02. The van der Waals surface area contributed by atoms with Gasteiger partial charge in [0, 0.05) is 31.0 Å². The average molecular weight is 496 g/mol. The predicted octanol–water partition coefficient (Wildman–Crippen LogP) is 4.46. The van der Waals surface area contributed by atoms with Crippen LogP contribution in [0.3, 0.4) is 0 Å². The van der Waals surface area contributed by atoms with Crippen LogP contribution in [0.25, 0.3) is 5.76 Å². The molecule has 0 saturated carbocycles. The molecule has 4 rings (SSSR count). The minimum atomic E-state index is -0.755. The molecule has 0 bridgehead atoms. The zero-order valence-corrected chi connectivity index (χ0v) is 20.2. The van der Waals surface area contributed by atoms with E-state index in [9.17, 15) is 14.7 Å². The Kier molecular flexibility index (Phi) is 7.41. The van der Waals surface area contributed by atoms with Crippen molar-refractivity contribution < 1.29 is 24.2 Å². The number of imidazole rings is 1. The van der Waals surface area contributed by atoms with E-state index in [1.807, 2.05) is 17.7 Å². The summed E-state index contributed by atoms with van der Waals surface area (Å²) in [5.74, 6) is -0.572. The van der Waals surface area contributed by atoms with Crippen LogP contribution in [0.1, 0.15) is 30.5 Å². The van der Waals surface area contributed by atoms with Gasteiger partial charge >= 0.3 is 0 Å². The number of aliphatic hydroxyl groups excluding tert-OH is 1. The molecule has 3 aromatic rings. The van der Waals surface area contributed by atoms with Crippen LogP contribution < -0.4 is 9.47 Å². The van der Waals surface area contributed by atoms with E-state index >= 15 is 0 Å². The number of aliphatic hydroxyl groups is 1. The molecule has 8 nitrogen and oxygen atoms in total. The maximum atomic E-state index is 13.2. The van der Waals surface area contributed by atoms with Gasteiger partial charge in [-0.25, -0.2) is 4.98 Å². The molecule has 9 heteroatoms. The highest BCUT2D eigenvalue weighted by Gasteiger charge is 2.45. The van der Waals surface area contributed by atoms with Crippen LogP contribution in [-0.4, -0.2) is 51.5 Å². The fraction of sp³-hybridized carbons (Fsp3) is 0.269. The first kappa shape index (κ1) is 24.3. The van der Waals surface area contributed by atoms with E-state index in [1.165, 1.54) is 18.1 Å². The van der Waals surface area contributed by atoms with Crippen molar-refractivity contribution in [3.05, 3.63) is 82.9 Å². The SMILES string of the molecule is CCOc1ccc([C@H]2/C(=C(\O)c3ccc(OC)c(Cl)c3)C(=O)C(=O)N2CCCn2ccnc2)cc1. The van der Waals surface area contributed by atoms with Gasteiger partial charge < -0.3 is 24.0 Å². The van der Waals surface area contributed by atoms with E-state index in [0.29, 0.717) is 48.7 Å². The van der Waals surface area contributed by atoms with Crippen molar-refractivity contribution in [1.82, 2.24) is 14.5 Å². The van der Waals surface area contributed by atoms with Crippen LogP contribution in [0.2, 0.25) is 5.02 Å². The molecule has 2 heterocycles. The van der Waals surface area contributed by atoms with E-state index in [0.717, 1.165) is 0 Å². The summed E-state index contributed by atoms with van der Waals surface area (Å²) in [5.41, 5.74) is 1.03. The number of aryl methyl sites for hydroxylation is 1. The van der Waals surface area contributed by atoms with Crippen molar-refractivity contribution in [3.8, 4) is 11.5 Å². The number of carbonyl (C=O) groups excluding carboxylic acids is 2. The molecule has 0 spiro atoms. The van der Waals surface area contributed by atoms with Gasteiger partial charge in [-0.1, -0.05) is 23.7 Å². The number of nitrogens with zero attached hydrogens (tertiary/aromatic N) is 3. The van der Waals surface area contributed by atoms with E-state index in [1.54, 1.807) is 48.9 Å². The van der Waals surface area contributed by atoms with Crippen molar-refractivity contribution in [2.24, 2.45) is 0 Å². The molecule has 0 unspecified atom stereocenters. The Morgan fingerprint density at radius 3 is 2.54 bits per heavy atom. The van der Waals surface area contributed by atoms with Crippen LogP contribution >= 0.6 is 11.6 Å². The van der Waals surface area contributed by atoms with E-state index in [2.05, 4.69) is 4.98 Å². The second-order valence-corrected chi connectivity index (χ2v) is 8.41. The number of likely N-dealkylation sites (tertiary alicyclic amines) is 1. The number of ketones is 1. The maximum Gasteiger partial charge on any atom is 0.295 e. The van der Waals surface area contributed by atoms with Crippen LogP contribution in [0.4, 0.5) is 0 Å². The van der Waals surface area contributed by atoms with Gasteiger partial charge in [0.1, 0.15) is 17.3 Å². The van der Waals surface area contributed by atoms with Crippen molar-refractivity contribution >= 4 is 29.1 Å². The summed E-state index contributed by atoms with van der Waals surface area (Å²) in [7, 11) is 1.49. The fourth-order valence-electron chi connectivity index (χ4n) is 4.18. The van der Waals surface area contributed by atoms with Crippen molar-refractivity contribution in [2.45, 2.75) is 25.9 Å². The van der Waals surface area contributed by atoms with Gasteiger partial charge in [-0.05, 0) is 49.2 Å². The molecule has 182 valence electrons. The molecule has 1 aliphatic heterocycles. The largest absolute Gasteiger partial charge is 0.507 e. The summed E-state index contributed by atoms with van der Waals surface area (Å²) < 4.78 is 12.6. The smallest absolute Gasteiger partial charge is 0.295 e. The maximum absolute atomic E-state index is 13.2. The van der Waals surface area contributed by atoms with Gasteiger partial charge in [0.05, 0.1) is 36.7 Å². The minimum Gasteiger partial charge on any atom is -0.507 e. The normalized spacial score (nSPS) is 17.1. The number of rotatable bonds is 9. The molecule has 35 heavy (non-hydrogen) atoms. The van der Waals surface area contributed by atoms with Gasteiger partial charge in [-0.2, -0.15) is 0 Å². The second kappa shape index (κ2) is 10.7. The summed E-state index contributed by atoms with van der Waals surface area (Å²) >= 11 is 6.25. The van der Waals surface area contributed by atoms with Crippen molar-refractivity contribution in [1.29, 1.82) is 0 Å². The summed E-state index contributed by atoms with van der Waals surface area (Å²) in [6, 6.07) is 11.1. The summed E-state index contributed by atoms with van der Waals surface area (Å²) in [6.45, 7) is 3.36. The number of hydrogen-bond acceptors (Lipinski definition) is 6. The zero-order valence-electron chi connectivity index (χ0n) is 19.5. The van der Waals surface area contributed by atoms with E-state index in [-0.39, 0.29) is 16.4 Å². The molecule has 1 atom stereocenters. The Bertz CT molecular complexity index is 1240. The molecule has 1 aromatic heterocycles. The number of benzene rings is 2. The molecule has 1 saturated heterocycles. The molecule has 1 fully saturated rings. The molecule has 1 N–H and O–H groups in total. The Morgan fingerprint density at radius 1 is 1.14 bits per heavy atom. The first-order chi connectivity index (χ1) is 16.9. The third-order valence-corrected chi connectivity index (χ3v) is 6.14. The number of carbonyl (C=O) groups is 2. The highest BCUT2D eigenvalue weighted by atomic mass is 35.5. The average Bonchev–Trinajstić information content (AvgIpc) is 3.46. The first-order valence-electron chi connectivity index (χ1n) is 11.3. The van der Waals surface area contributed by atoms with Gasteiger partial charge in [-0.3, -0.25) is 9.59 Å². The number of Topliss-reactive ketones (excluding diaryl/α,β-unsaturated/α-hetero) is 1. The third-order valence-electron chi connectivity index (χ3n) is 5.85. The number of hydrogen-bond donors (Lipinski definition) is 1. The topological polar surface area (TPSA) is 93.9 Å². The Labute approximate surface area is 208 Å². The van der Waals surface area contributed by atoms with Gasteiger partial charge in [-0.15, -0.1) is 0 Å². The van der Waals surface area contributed by atoms with Gasteiger partial charge in [0.25, 0.3) is 11.7 Å². The van der Waals surface area contributed by atoms with Gasteiger partial charge in [0.2, 0.25) is 0 Å². The van der Waals surface area contributed by atoms with E-state index < -0.39 is 17.7 Å². The van der Waals surface area contributed by atoms with E-state index in [4.69, 9.17) is 21.1 Å². The fourth-order valence-corrected chi connectivity index (χ4v) is 4.44. The molecular weight excluding hydrogens is 470 g/mol. The molecule has 1 aliphatic rings. The number of amides is 1. The van der Waals surface area contributed by atoms with Crippen molar-refractivity contribution in [3.63, 3.8) is 0 Å². The first-order valence-corrected chi connectivity index (χ1v) is 11.6. The summed E-state index contributed by atoms with van der Waals surface area (Å²) in [4.78, 5) is 31.8. The van der Waals surface area contributed by atoms with Crippen LogP contribution in [0.15, 0.2) is 66.8 Å². The Hall–Kier alpha value is -3.78. The predicted molar refractivity (Wildman–Crippen MR) is 131 cm³/mol. The zero-order chi connectivity index (χ0) is 24.9. The molecule has 1 amide bonds. The summed E-state index contributed by atoms with van der Waals surface area (Å²) in [5, 5.41) is 11.5. The highest BCUT2D eigenvalue weighted by molar-refractivity contribution is 6.46. The number of aromatic nitrogens is 2. The number of ether oxygens (including phenoxy) is 2. The Morgan fingerprint density at radius 2 is 1.91 bits per heavy atom. The van der Waals surface area contributed by atoms with Crippen LogP contribution in [-0.2, 0) is 16.1 Å². The highest BCUT2D eigenvalue weighted by Crippen LogP contribution is 2.40. The quantitative estimate of drug-likeness (QED) is 0.268. The van der Waals surface area contributed by atoms with Crippen molar-refractivity contribution in [2.75, 3.05) is 20.3 Å². The number of halogens is 1. The second-order valence-electron chi connectivity index (χ2n) is 8.00. The number of methoxy groups -OCH3 is 1. The van der Waals surface area contributed by atoms with Crippen LogP contribution in [0.5, 0.6) is 11.5 Å². The lowest BCUT2D eigenvalue weighted by Crippen LogP contribution is -2.31. The lowest BCUT2D eigenvalue weighted by atomic mass is 9.95. The minimum absolute atomic E-state index is 0.0167. The lowest BCUT2D eigenvalue weighted by Gasteiger charge is -2.25. The standard InChI is InChI=1S/C26H26ClN3O5/c1-3-35-19-8-5-17(6-9-19)23-22(24(31)18-7-10-21(34-2)20(27)15-18)25(32)26(33)30(23)13-4-12-29-14-11-28-16-29/h5-11,14-16,23,31H,3-4,12-13H2,1-2H3/b24-22+/t23-/m0/s1. The van der Waals surface area contributed by atoms with Crippen LogP contribution in [0, 0.1) is 0 Å². The molecular formula is C26H26ClN3O5. The summed E-state index contributed by atoms with van der Waals surface area (Å²) in [6.07, 6.45) is 5.83. The molecule has 0 aliphatic carbocycles. The lowest BCUT2D eigenvalue weighted by molar-refractivity contribution is -0.139. The monoisotopic (exact) mass is 495 g/mol.